The number of carbonyl (C=O) groups excluding carboxylic acids is 2. The molecule has 0 aliphatic carbocycles. The van der Waals surface area contributed by atoms with Crippen LogP contribution in [0.25, 0.3) is 11.1 Å². The number of para-hydroxylation sites is 2. The molecule has 1 aliphatic heterocycles. The monoisotopic (exact) mass is 409 g/mol. The van der Waals surface area contributed by atoms with Gasteiger partial charge < -0.3 is 19.4 Å². The molecule has 1 fully saturated rings. The van der Waals surface area contributed by atoms with E-state index in [4.69, 9.17) is 9.15 Å². The van der Waals surface area contributed by atoms with Gasteiger partial charge in [0.25, 0.3) is 5.91 Å². The number of ether oxygens (including phenoxy) is 1. The highest BCUT2D eigenvalue weighted by molar-refractivity contribution is 5.93. The molecule has 0 radical (unpaired) electrons. The highest BCUT2D eigenvalue weighted by atomic mass is 16.5. The number of nitrogens with one attached hydrogen (secondary N) is 1. The topological polar surface area (TPSA) is 93.8 Å². The van der Waals surface area contributed by atoms with Crippen molar-refractivity contribution < 1.29 is 18.7 Å². The number of hydrogen-bond donors (Lipinski definition) is 1. The van der Waals surface area contributed by atoms with Gasteiger partial charge in [0.05, 0.1) is 11.9 Å². The predicted molar refractivity (Wildman–Crippen MR) is 113 cm³/mol. The molecular weight excluding hydrogens is 386 g/mol. The molecule has 2 aromatic carbocycles. The summed E-state index contributed by atoms with van der Waals surface area (Å²) in [5.41, 5.74) is 2.87. The number of nitrogens with zero attached hydrogens (tertiary/aromatic N) is 2. The van der Waals surface area contributed by atoms with E-state index in [9.17, 15) is 14.4 Å². The van der Waals surface area contributed by atoms with Crippen LogP contribution in [0.1, 0.15) is 19.3 Å². The third-order valence-corrected chi connectivity index (χ3v) is 5.10. The average Bonchev–Trinajstić information content (AvgIpc) is 3.39. The Bertz CT molecular complexity index is 1090. The molecule has 1 N–H and O–H groups in total. The summed E-state index contributed by atoms with van der Waals surface area (Å²) in [6.45, 7) is 1.85. The molecule has 30 heavy (non-hydrogen) atoms. The van der Waals surface area contributed by atoms with E-state index in [2.05, 4.69) is 10.2 Å². The lowest BCUT2D eigenvalue weighted by molar-refractivity contribution is -0.147. The van der Waals surface area contributed by atoms with Crippen LogP contribution in [0.3, 0.4) is 0 Å². The number of aryl methyl sites for hydroxylation is 1. The molecule has 156 valence electrons. The second kappa shape index (κ2) is 8.86. The number of oxazole rings is 1. The molecule has 8 heteroatoms. The molecule has 0 saturated carbocycles. The SMILES string of the molecule is O=C(COC(=O)CCn1c(=O)oc2ccccc21)Nc1ccc(N2CCCC2)cc1. The first-order valence-corrected chi connectivity index (χ1v) is 9.99. The summed E-state index contributed by atoms with van der Waals surface area (Å²) in [7, 11) is 0. The van der Waals surface area contributed by atoms with Crippen molar-refractivity contribution in [2.24, 2.45) is 0 Å². The Morgan fingerprint density at radius 2 is 1.77 bits per heavy atom. The van der Waals surface area contributed by atoms with Crippen molar-refractivity contribution in [1.82, 2.24) is 4.57 Å². The van der Waals surface area contributed by atoms with Crippen LogP contribution in [0.15, 0.2) is 57.7 Å². The molecule has 1 saturated heterocycles. The van der Waals surface area contributed by atoms with Gasteiger partial charge in [0.1, 0.15) is 0 Å². The lowest BCUT2D eigenvalue weighted by Crippen LogP contribution is -2.22. The van der Waals surface area contributed by atoms with E-state index in [0.29, 0.717) is 16.8 Å². The quantitative estimate of drug-likeness (QED) is 0.603. The smallest absolute Gasteiger partial charge is 0.419 e. The second-order valence-corrected chi connectivity index (χ2v) is 7.19. The standard InChI is InChI=1S/C22H23N3O5/c26-20(23-16-7-9-17(10-8-16)24-12-3-4-13-24)15-29-21(27)11-14-25-18-5-1-2-6-19(18)30-22(25)28/h1-2,5-10H,3-4,11-15H2,(H,23,26). The molecule has 8 nitrogen and oxygen atoms in total. The van der Waals surface area contributed by atoms with Crippen LogP contribution in [-0.2, 0) is 20.9 Å². The Labute approximate surface area is 173 Å². The largest absolute Gasteiger partial charge is 0.456 e. The first kappa shape index (κ1) is 19.8. The molecule has 1 amide bonds. The summed E-state index contributed by atoms with van der Waals surface area (Å²) < 4.78 is 11.5. The number of amides is 1. The van der Waals surface area contributed by atoms with E-state index < -0.39 is 17.6 Å². The Hall–Kier alpha value is -3.55. The summed E-state index contributed by atoms with van der Waals surface area (Å²) >= 11 is 0. The normalized spacial score (nSPS) is 13.5. The van der Waals surface area contributed by atoms with E-state index >= 15 is 0 Å². The average molecular weight is 409 g/mol. The van der Waals surface area contributed by atoms with Gasteiger partial charge in [0.15, 0.2) is 12.2 Å². The summed E-state index contributed by atoms with van der Waals surface area (Å²) in [6, 6.07) is 14.6. The van der Waals surface area contributed by atoms with Crippen molar-refractivity contribution in [3.63, 3.8) is 0 Å². The van der Waals surface area contributed by atoms with Crippen LogP contribution in [0.2, 0.25) is 0 Å². The molecule has 0 unspecified atom stereocenters. The summed E-state index contributed by atoms with van der Waals surface area (Å²) in [4.78, 5) is 38.2. The molecular formula is C22H23N3O5. The van der Waals surface area contributed by atoms with Gasteiger partial charge in [-0.15, -0.1) is 0 Å². The lowest BCUT2D eigenvalue weighted by atomic mass is 10.2. The number of carbonyl (C=O) groups is 2. The number of benzene rings is 2. The van der Waals surface area contributed by atoms with Crippen LogP contribution >= 0.6 is 0 Å². The molecule has 1 aromatic heterocycles. The van der Waals surface area contributed by atoms with E-state index in [1.807, 2.05) is 24.3 Å². The minimum atomic E-state index is -0.563. The van der Waals surface area contributed by atoms with Crippen LogP contribution in [0.4, 0.5) is 11.4 Å². The first-order chi connectivity index (χ1) is 14.6. The number of hydrogen-bond acceptors (Lipinski definition) is 6. The van der Waals surface area contributed by atoms with E-state index in [1.165, 1.54) is 17.4 Å². The van der Waals surface area contributed by atoms with E-state index in [-0.39, 0.29) is 19.6 Å². The molecule has 0 spiro atoms. The van der Waals surface area contributed by atoms with Gasteiger partial charge in [-0.3, -0.25) is 14.2 Å². The number of fused-ring (bicyclic) bond motifs is 1. The van der Waals surface area contributed by atoms with Crippen LogP contribution < -0.4 is 16.0 Å². The Morgan fingerprint density at radius 3 is 2.53 bits per heavy atom. The van der Waals surface area contributed by atoms with Gasteiger partial charge in [0.2, 0.25) is 0 Å². The summed E-state index contributed by atoms with van der Waals surface area (Å²) in [5.74, 6) is -1.51. The minimum absolute atomic E-state index is 0.0404. The fourth-order valence-electron chi connectivity index (χ4n) is 3.57. The summed E-state index contributed by atoms with van der Waals surface area (Å²) in [6.07, 6.45) is 2.37. The fraction of sp³-hybridized carbons (Fsp3) is 0.318. The second-order valence-electron chi connectivity index (χ2n) is 7.19. The predicted octanol–water partition coefficient (Wildman–Crippen LogP) is 2.77. The lowest BCUT2D eigenvalue weighted by Gasteiger charge is -2.17. The van der Waals surface area contributed by atoms with Crippen LogP contribution in [0.5, 0.6) is 0 Å². The van der Waals surface area contributed by atoms with Crippen molar-refractivity contribution >= 4 is 34.4 Å². The maximum Gasteiger partial charge on any atom is 0.419 e. The molecule has 4 rings (SSSR count). The van der Waals surface area contributed by atoms with Gasteiger partial charge in [-0.05, 0) is 49.2 Å². The first-order valence-electron chi connectivity index (χ1n) is 9.99. The van der Waals surface area contributed by atoms with Gasteiger partial charge in [0, 0.05) is 31.0 Å². The number of aromatic nitrogens is 1. The molecule has 0 bridgehead atoms. The van der Waals surface area contributed by atoms with Crippen LogP contribution in [0, 0.1) is 0 Å². The number of anilines is 2. The Kier molecular flexibility index (Phi) is 5.83. The van der Waals surface area contributed by atoms with Crippen LogP contribution in [-0.4, -0.2) is 36.1 Å². The van der Waals surface area contributed by atoms with Gasteiger partial charge in [-0.1, -0.05) is 12.1 Å². The molecule has 0 atom stereocenters. The van der Waals surface area contributed by atoms with Crippen molar-refractivity contribution in [2.75, 3.05) is 29.9 Å². The summed E-state index contributed by atoms with van der Waals surface area (Å²) in [5, 5.41) is 2.71. The van der Waals surface area contributed by atoms with Crippen molar-refractivity contribution in [3.05, 3.63) is 59.1 Å². The zero-order valence-electron chi connectivity index (χ0n) is 16.5. The van der Waals surface area contributed by atoms with Crippen molar-refractivity contribution in [3.8, 4) is 0 Å². The Morgan fingerprint density at radius 1 is 1.03 bits per heavy atom. The number of rotatable bonds is 7. The zero-order valence-corrected chi connectivity index (χ0v) is 16.5. The maximum absolute atomic E-state index is 12.1. The third-order valence-electron chi connectivity index (χ3n) is 5.10. The molecule has 2 heterocycles. The van der Waals surface area contributed by atoms with E-state index in [0.717, 1.165) is 18.8 Å². The van der Waals surface area contributed by atoms with Gasteiger partial charge in [-0.25, -0.2) is 4.79 Å². The van der Waals surface area contributed by atoms with Gasteiger partial charge >= 0.3 is 11.7 Å². The highest BCUT2D eigenvalue weighted by Crippen LogP contribution is 2.22. The highest BCUT2D eigenvalue weighted by Gasteiger charge is 2.14. The zero-order chi connectivity index (χ0) is 20.9. The maximum atomic E-state index is 12.1. The fourth-order valence-corrected chi connectivity index (χ4v) is 3.57. The third kappa shape index (κ3) is 4.53. The number of esters is 1. The minimum Gasteiger partial charge on any atom is -0.456 e. The molecule has 1 aliphatic rings. The van der Waals surface area contributed by atoms with Gasteiger partial charge in [-0.2, -0.15) is 0 Å². The Balaban J connectivity index is 1.24. The van der Waals surface area contributed by atoms with Crippen molar-refractivity contribution in [1.29, 1.82) is 0 Å². The van der Waals surface area contributed by atoms with E-state index in [1.54, 1.807) is 24.3 Å². The van der Waals surface area contributed by atoms with Crippen molar-refractivity contribution in [2.45, 2.75) is 25.8 Å². The molecule has 3 aromatic rings.